The van der Waals surface area contributed by atoms with Gasteiger partial charge in [-0.1, -0.05) is 12.1 Å². The number of rotatable bonds is 4. The molecule has 108 valence electrons. The van der Waals surface area contributed by atoms with E-state index >= 15 is 0 Å². The summed E-state index contributed by atoms with van der Waals surface area (Å²) in [6.07, 6.45) is 0. The molecular weight excluding hydrogens is 264 g/mol. The normalized spacial score (nSPS) is 11.0. The maximum absolute atomic E-state index is 5.93. The van der Waals surface area contributed by atoms with Crippen molar-refractivity contribution in [3.8, 4) is 0 Å². The molecule has 0 aliphatic heterocycles. The van der Waals surface area contributed by atoms with E-state index in [0.717, 1.165) is 17.9 Å². The first-order valence-corrected chi connectivity index (χ1v) is 7.00. The molecule has 3 aromatic rings. The van der Waals surface area contributed by atoms with Crippen LogP contribution >= 0.6 is 0 Å². The standard InChI is InChI=1S/C16H18N4O/c1-3-20(10-12-7-4-6-11(2)18-12)16-19-15-13(17)8-5-9-14(15)21-16/h4-9H,3,10,17H2,1-2H3. The van der Waals surface area contributed by atoms with E-state index in [9.17, 15) is 0 Å². The molecular formula is C16H18N4O. The number of aryl methyl sites for hydroxylation is 1. The smallest absolute Gasteiger partial charge is 0.298 e. The van der Waals surface area contributed by atoms with Crippen LogP contribution in [0, 0.1) is 6.92 Å². The van der Waals surface area contributed by atoms with Crippen LogP contribution in [0.1, 0.15) is 18.3 Å². The molecule has 21 heavy (non-hydrogen) atoms. The molecule has 0 saturated carbocycles. The van der Waals surface area contributed by atoms with Gasteiger partial charge in [0.1, 0.15) is 5.52 Å². The van der Waals surface area contributed by atoms with E-state index in [4.69, 9.17) is 10.2 Å². The summed E-state index contributed by atoms with van der Waals surface area (Å²) in [5.74, 6) is 0. The van der Waals surface area contributed by atoms with Crippen LogP contribution in [-0.4, -0.2) is 16.5 Å². The highest BCUT2D eigenvalue weighted by Crippen LogP contribution is 2.26. The summed E-state index contributed by atoms with van der Waals surface area (Å²) < 4.78 is 5.81. The molecule has 0 radical (unpaired) electrons. The predicted molar refractivity (Wildman–Crippen MR) is 84.1 cm³/mol. The third kappa shape index (κ3) is 2.67. The number of anilines is 2. The molecule has 0 aliphatic carbocycles. The van der Waals surface area contributed by atoms with E-state index in [2.05, 4.69) is 16.9 Å². The SMILES string of the molecule is CCN(Cc1cccc(C)n1)c1nc2c(N)cccc2o1. The first kappa shape index (κ1) is 13.4. The van der Waals surface area contributed by atoms with Gasteiger partial charge in [0.15, 0.2) is 5.58 Å². The lowest BCUT2D eigenvalue weighted by Crippen LogP contribution is -2.23. The fourth-order valence-electron chi connectivity index (χ4n) is 2.29. The van der Waals surface area contributed by atoms with E-state index < -0.39 is 0 Å². The molecule has 2 N–H and O–H groups in total. The van der Waals surface area contributed by atoms with Gasteiger partial charge in [-0.25, -0.2) is 0 Å². The van der Waals surface area contributed by atoms with Gasteiger partial charge in [-0.15, -0.1) is 0 Å². The molecule has 5 heteroatoms. The number of hydrogen-bond acceptors (Lipinski definition) is 5. The second-order valence-corrected chi connectivity index (χ2v) is 4.97. The average molecular weight is 282 g/mol. The van der Waals surface area contributed by atoms with Crippen molar-refractivity contribution in [1.29, 1.82) is 0 Å². The van der Waals surface area contributed by atoms with E-state index in [1.807, 2.05) is 48.2 Å². The highest BCUT2D eigenvalue weighted by Gasteiger charge is 2.14. The second kappa shape index (κ2) is 5.44. The number of nitrogen functional groups attached to an aromatic ring is 1. The molecule has 0 unspecified atom stereocenters. The number of aromatic nitrogens is 2. The Balaban J connectivity index is 1.93. The maximum atomic E-state index is 5.93. The summed E-state index contributed by atoms with van der Waals surface area (Å²) in [5.41, 5.74) is 9.98. The van der Waals surface area contributed by atoms with E-state index in [-0.39, 0.29) is 0 Å². The van der Waals surface area contributed by atoms with Gasteiger partial charge in [0.05, 0.1) is 17.9 Å². The zero-order valence-electron chi connectivity index (χ0n) is 12.2. The molecule has 0 atom stereocenters. The zero-order chi connectivity index (χ0) is 14.8. The fourth-order valence-corrected chi connectivity index (χ4v) is 2.29. The van der Waals surface area contributed by atoms with Crippen LogP contribution in [0.3, 0.4) is 0 Å². The molecule has 0 amide bonds. The van der Waals surface area contributed by atoms with Gasteiger partial charge in [-0.3, -0.25) is 4.98 Å². The van der Waals surface area contributed by atoms with Gasteiger partial charge < -0.3 is 15.1 Å². The van der Waals surface area contributed by atoms with E-state index in [1.165, 1.54) is 0 Å². The quantitative estimate of drug-likeness (QED) is 0.744. The Kier molecular flexibility index (Phi) is 3.48. The summed E-state index contributed by atoms with van der Waals surface area (Å²) in [6, 6.07) is 12.1. The molecule has 0 fully saturated rings. The Hall–Kier alpha value is -2.56. The number of para-hydroxylation sites is 1. The molecule has 5 nitrogen and oxygen atoms in total. The second-order valence-electron chi connectivity index (χ2n) is 4.97. The first-order valence-electron chi connectivity index (χ1n) is 7.00. The molecule has 3 rings (SSSR count). The molecule has 0 spiro atoms. The number of fused-ring (bicyclic) bond motifs is 1. The Morgan fingerprint density at radius 2 is 1.95 bits per heavy atom. The highest BCUT2D eigenvalue weighted by molar-refractivity contribution is 5.86. The topological polar surface area (TPSA) is 68.2 Å². The minimum absolute atomic E-state index is 0.578. The molecule has 0 bridgehead atoms. The third-order valence-corrected chi connectivity index (χ3v) is 3.39. The van der Waals surface area contributed by atoms with Crippen LogP contribution in [-0.2, 0) is 6.54 Å². The van der Waals surface area contributed by atoms with Crippen molar-refractivity contribution < 1.29 is 4.42 Å². The van der Waals surface area contributed by atoms with E-state index in [1.54, 1.807) is 0 Å². The molecule has 2 heterocycles. The van der Waals surface area contributed by atoms with Crippen LogP contribution in [0.2, 0.25) is 0 Å². The lowest BCUT2D eigenvalue weighted by molar-refractivity contribution is 0.567. The van der Waals surface area contributed by atoms with Gasteiger partial charge in [0, 0.05) is 12.2 Å². The summed E-state index contributed by atoms with van der Waals surface area (Å²) in [7, 11) is 0. The minimum Gasteiger partial charge on any atom is -0.423 e. The lowest BCUT2D eigenvalue weighted by atomic mass is 10.3. The number of benzene rings is 1. The van der Waals surface area contributed by atoms with Crippen molar-refractivity contribution >= 4 is 22.8 Å². The first-order chi connectivity index (χ1) is 10.2. The summed E-state index contributed by atoms with van der Waals surface area (Å²) >= 11 is 0. The van der Waals surface area contributed by atoms with Crippen molar-refractivity contribution in [1.82, 2.24) is 9.97 Å². The van der Waals surface area contributed by atoms with Gasteiger partial charge in [0.25, 0.3) is 6.01 Å². The molecule has 0 aliphatic rings. The number of oxazole rings is 1. The van der Waals surface area contributed by atoms with Gasteiger partial charge in [-0.05, 0) is 38.1 Å². The van der Waals surface area contributed by atoms with Gasteiger partial charge in [0.2, 0.25) is 0 Å². The van der Waals surface area contributed by atoms with Crippen molar-refractivity contribution in [2.45, 2.75) is 20.4 Å². The third-order valence-electron chi connectivity index (χ3n) is 3.39. The zero-order valence-corrected chi connectivity index (χ0v) is 12.2. The van der Waals surface area contributed by atoms with Crippen LogP contribution in [0.25, 0.3) is 11.1 Å². The molecule has 2 aromatic heterocycles. The maximum Gasteiger partial charge on any atom is 0.298 e. The Morgan fingerprint density at radius 3 is 2.67 bits per heavy atom. The van der Waals surface area contributed by atoms with Crippen molar-refractivity contribution in [3.63, 3.8) is 0 Å². The van der Waals surface area contributed by atoms with Crippen LogP contribution in [0.5, 0.6) is 0 Å². The van der Waals surface area contributed by atoms with E-state index in [0.29, 0.717) is 29.3 Å². The van der Waals surface area contributed by atoms with Gasteiger partial charge in [-0.2, -0.15) is 4.98 Å². The Bertz CT molecular complexity index is 766. The van der Waals surface area contributed by atoms with Crippen molar-refractivity contribution in [3.05, 3.63) is 47.8 Å². The minimum atomic E-state index is 0.578. The number of nitrogens with two attached hydrogens (primary N) is 1. The monoisotopic (exact) mass is 282 g/mol. The fraction of sp³-hybridized carbons (Fsp3) is 0.250. The molecule has 1 aromatic carbocycles. The van der Waals surface area contributed by atoms with Gasteiger partial charge >= 0.3 is 0 Å². The van der Waals surface area contributed by atoms with Crippen LogP contribution < -0.4 is 10.6 Å². The number of pyridine rings is 1. The molecule has 0 saturated heterocycles. The predicted octanol–water partition coefficient (Wildman–Crippen LogP) is 3.14. The largest absolute Gasteiger partial charge is 0.423 e. The van der Waals surface area contributed by atoms with Crippen LogP contribution in [0.4, 0.5) is 11.7 Å². The van der Waals surface area contributed by atoms with Crippen LogP contribution in [0.15, 0.2) is 40.8 Å². The number of nitrogens with zero attached hydrogens (tertiary/aromatic N) is 3. The lowest BCUT2D eigenvalue weighted by Gasteiger charge is -2.17. The Labute approximate surface area is 123 Å². The number of hydrogen-bond donors (Lipinski definition) is 1. The highest BCUT2D eigenvalue weighted by atomic mass is 16.4. The average Bonchev–Trinajstić information content (AvgIpc) is 2.90. The summed E-state index contributed by atoms with van der Waals surface area (Å²) in [5, 5.41) is 0. The summed E-state index contributed by atoms with van der Waals surface area (Å²) in [6.45, 7) is 5.49. The van der Waals surface area contributed by atoms with Crippen molar-refractivity contribution in [2.75, 3.05) is 17.2 Å². The summed E-state index contributed by atoms with van der Waals surface area (Å²) in [4.78, 5) is 11.1. The van der Waals surface area contributed by atoms with Crippen molar-refractivity contribution in [2.24, 2.45) is 0 Å². The Morgan fingerprint density at radius 1 is 1.14 bits per heavy atom.